The van der Waals surface area contributed by atoms with E-state index < -0.39 is 52.8 Å². The monoisotopic (exact) mass is 518 g/mol. The van der Waals surface area contributed by atoms with Crippen molar-refractivity contribution >= 4 is 11.8 Å². The summed E-state index contributed by atoms with van der Waals surface area (Å²) in [5.41, 5.74) is -3.22. The Balaban J connectivity index is 2.27. The highest BCUT2D eigenvalue weighted by molar-refractivity contribution is 6.01. The summed E-state index contributed by atoms with van der Waals surface area (Å²) < 4.78 is 91.7. The van der Waals surface area contributed by atoms with Gasteiger partial charge in [-0.1, -0.05) is 18.2 Å². The zero-order chi connectivity index (χ0) is 26.7. The SMILES string of the molecule is COCCNC(=O)[C@@H]1c2ccccc2C(=O)N(CCOC)[C@H]1c1cc(C(F)(F)F)cc(C(F)(F)F)c1. The summed E-state index contributed by atoms with van der Waals surface area (Å²) in [6.45, 7) is -0.0662. The average molecular weight is 518 g/mol. The van der Waals surface area contributed by atoms with Crippen LogP contribution in [-0.4, -0.2) is 57.2 Å². The molecule has 2 amide bonds. The second-order valence-electron chi connectivity index (χ2n) is 8.12. The van der Waals surface area contributed by atoms with Crippen molar-refractivity contribution in [3.8, 4) is 0 Å². The van der Waals surface area contributed by atoms with Gasteiger partial charge in [-0.05, 0) is 35.4 Å². The van der Waals surface area contributed by atoms with Crippen molar-refractivity contribution in [1.82, 2.24) is 10.2 Å². The number of carbonyl (C=O) groups is 2. The second kappa shape index (κ2) is 10.9. The highest BCUT2D eigenvalue weighted by Gasteiger charge is 2.46. The van der Waals surface area contributed by atoms with Gasteiger partial charge in [-0.2, -0.15) is 26.3 Å². The summed E-state index contributed by atoms with van der Waals surface area (Å²) in [4.78, 5) is 27.8. The Morgan fingerprint density at radius 1 is 0.944 bits per heavy atom. The minimum Gasteiger partial charge on any atom is -0.383 e. The van der Waals surface area contributed by atoms with Gasteiger partial charge in [0.15, 0.2) is 0 Å². The van der Waals surface area contributed by atoms with Crippen molar-refractivity contribution in [3.63, 3.8) is 0 Å². The first-order valence-corrected chi connectivity index (χ1v) is 10.8. The standard InChI is InChI=1S/C24H24F6N2O4/c1-35-9-7-31-21(33)19-17-5-3-4-6-18(17)22(34)32(8-10-36-2)20(19)14-11-15(23(25,26)27)13-16(12-14)24(28,29)30/h3-6,11-13,19-20H,7-10H2,1-2H3,(H,31,33)/t19-,20+/m1/s1. The summed E-state index contributed by atoms with van der Waals surface area (Å²) in [6, 6.07) is 5.66. The van der Waals surface area contributed by atoms with Gasteiger partial charge in [0.1, 0.15) is 0 Å². The molecule has 0 aromatic heterocycles. The van der Waals surface area contributed by atoms with Crippen molar-refractivity contribution in [2.45, 2.75) is 24.3 Å². The first kappa shape index (κ1) is 27.5. The van der Waals surface area contributed by atoms with Crippen LogP contribution in [0, 0.1) is 0 Å². The molecule has 3 rings (SSSR count). The molecule has 196 valence electrons. The minimum atomic E-state index is -5.10. The zero-order valence-corrected chi connectivity index (χ0v) is 19.4. The zero-order valence-electron chi connectivity index (χ0n) is 19.4. The molecule has 0 spiro atoms. The molecular weight excluding hydrogens is 494 g/mol. The fraction of sp³-hybridized carbons (Fsp3) is 0.417. The van der Waals surface area contributed by atoms with E-state index in [1.54, 1.807) is 6.07 Å². The maximum atomic E-state index is 13.6. The molecule has 1 N–H and O–H groups in total. The van der Waals surface area contributed by atoms with E-state index in [1.165, 1.54) is 32.4 Å². The van der Waals surface area contributed by atoms with Crippen molar-refractivity contribution in [1.29, 1.82) is 0 Å². The van der Waals surface area contributed by atoms with Crippen LogP contribution in [0.4, 0.5) is 26.3 Å². The molecule has 0 radical (unpaired) electrons. The van der Waals surface area contributed by atoms with Gasteiger partial charge in [0, 0.05) is 32.9 Å². The first-order valence-electron chi connectivity index (χ1n) is 10.8. The number of methoxy groups -OCH3 is 2. The van der Waals surface area contributed by atoms with E-state index in [4.69, 9.17) is 9.47 Å². The molecule has 12 heteroatoms. The van der Waals surface area contributed by atoms with Gasteiger partial charge < -0.3 is 19.7 Å². The third-order valence-electron chi connectivity index (χ3n) is 5.81. The number of halogens is 6. The largest absolute Gasteiger partial charge is 0.416 e. The van der Waals surface area contributed by atoms with Crippen LogP contribution in [0.15, 0.2) is 42.5 Å². The number of hydrogen-bond acceptors (Lipinski definition) is 4. The Morgan fingerprint density at radius 3 is 2.08 bits per heavy atom. The number of hydrogen-bond donors (Lipinski definition) is 1. The van der Waals surface area contributed by atoms with Crippen LogP contribution in [0.1, 0.15) is 44.6 Å². The number of benzene rings is 2. The van der Waals surface area contributed by atoms with E-state index in [2.05, 4.69) is 5.32 Å². The van der Waals surface area contributed by atoms with Crippen LogP contribution < -0.4 is 5.32 Å². The molecule has 0 aliphatic carbocycles. The third-order valence-corrected chi connectivity index (χ3v) is 5.81. The molecule has 36 heavy (non-hydrogen) atoms. The smallest absolute Gasteiger partial charge is 0.383 e. The van der Waals surface area contributed by atoms with Crippen molar-refractivity contribution in [2.24, 2.45) is 0 Å². The average Bonchev–Trinajstić information content (AvgIpc) is 2.82. The maximum absolute atomic E-state index is 13.6. The lowest BCUT2D eigenvalue weighted by atomic mass is 9.78. The van der Waals surface area contributed by atoms with Gasteiger partial charge >= 0.3 is 12.4 Å². The molecule has 0 saturated carbocycles. The van der Waals surface area contributed by atoms with E-state index in [1.807, 2.05) is 0 Å². The molecule has 0 bridgehead atoms. The fourth-order valence-corrected chi connectivity index (χ4v) is 4.22. The molecule has 1 aliphatic rings. The van der Waals surface area contributed by atoms with Gasteiger partial charge in [-0.15, -0.1) is 0 Å². The van der Waals surface area contributed by atoms with Gasteiger partial charge in [0.05, 0.1) is 36.3 Å². The maximum Gasteiger partial charge on any atom is 0.416 e. The van der Waals surface area contributed by atoms with Gasteiger partial charge in [-0.3, -0.25) is 9.59 Å². The van der Waals surface area contributed by atoms with E-state index in [-0.39, 0.29) is 43.5 Å². The van der Waals surface area contributed by atoms with Crippen LogP contribution in [0.5, 0.6) is 0 Å². The summed E-state index contributed by atoms with van der Waals surface area (Å²) >= 11 is 0. The van der Waals surface area contributed by atoms with Crippen molar-refractivity contribution in [3.05, 3.63) is 70.3 Å². The quantitative estimate of drug-likeness (QED) is 0.415. The number of alkyl halides is 6. The van der Waals surface area contributed by atoms with E-state index in [0.717, 1.165) is 4.90 Å². The number of nitrogens with one attached hydrogen (secondary N) is 1. The summed E-state index contributed by atoms with van der Waals surface area (Å²) in [5.74, 6) is -2.61. The van der Waals surface area contributed by atoms with Crippen LogP contribution >= 0.6 is 0 Å². The Bertz CT molecular complexity index is 1070. The summed E-state index contributed by atoms with van der Waals surface area (Å²) in [5, 5.41) is 2.60. The molecule has 0 fully saturated rings. The molecular formula is C24H24F6N2O4. The molecule has 1 aliphatic heterocycles. The Morgan fingerprint density at radius 2 is 1.53 bits per heavy atom. The number of nitrogens with zero attached hydrogens (tertiary/aromatic N) is 1. The molecule has 2 aromatic rings. The van der Waals surface area contributed by atoms with Crippen LogP contribution in [-0.2, 0) is 26.6 Å². The fourth-order valence-electron chi connectivity index (χ4n) is 4.22. The lowest BCUT2D eigenvalue weighted by molar-refractivity contribution is -0.143. The molecule has 2 atom stereocenters. The van der Waals surface area contributed by atoms with Crippen LogP contribution in [0.25, 0.3) is 0 Å². The Labute approximate surface area is 203 Å². The number of ether oxygens (including phenoxy) is 2. The topological polar surface area (TPSA) is 67.9 Å². The molecule has 6 nitrogen and oxygen atoms in total. The van der Waals surface area contributed by atoms with Gasteiger partial charge in [-0.25, -0.2) is 0 Å². The lowest BCUT2D eigenvalue weighted by Crippen LogP contribution is -2.48. The molecule has 1 heterocycles. The summed E-state index contributed by atoms with van der Waals surface area (Å²) in [7, 11) is 2.73. The van der Waals surface area contributed by atoms with E-state index in [0.29, 0.717) is 12.1 Å². The predicted octanol–water partition coefficient (Wildman–Crippen LogP) is 4.41. The van der Waals surface area contributed by atoms with Crippen molar-refractivity contribution < 1.29 is 45.4 Å². The van der Waals surface area contributed by atoms with Crippen LogP contribution in [0.3, 0.4) is 0 Å². The summed E-state index contributed by atoms with van der Waals surface area (Å²) in [6.07, 6.45) is -10.2. The number of fused-ring (bicyclic) bond motifs is 1. The number of rotatable bonds is 8. The van der Waals surface area contributed by atoms with Crippen LogP contribution in [0.2, 0.25) is 0 Å². The molecule has 0 saturated heterocycles. The van der Waals surface area contributed by atoms with E-state index in [9.17, 15) is 35.9 Å². The second-order valence-corrected chi connectivity index (χ2v) is 8.12. The van der Waals surface area contributed by atoms with Crippen molar-refractivity contribution in [2.75, 3.05) is 40.5 Å². The predicted molar refractivity (Wildman–Crippen MR) is 116 cm³/mol. The highest BCUT2D eigenvalue weighted by atomic mass is 19.4. The van der Waals surface area contributed by atoms with E-state index >= 15 is 0 Å². The Hall–Kier alpha value is -3.12. The third kappa shape index (κ3) is 5.81. The Kier molecular flexibility index (Phi) is 8.29. The van der Waals surface area contributed by atoms with Gasteiger partial charge in [0.2, 0.25) is 5.91 Å². The van der Waals surface area contributed by atoms with Gasteiger partial charge in [0.25, 0.3) is 5.91 Å². The lowest BCUT2D eigenvalue weighted by Gasteiger charge is -2.42. The normalized spacial score (nSPS) is 18.2. The molecule has 0 unspecified atom stereocenters. The number of carbonyl (C=O) groups excluding carboxylic acids is 2. The highest BCUT2D eigenvalue weighted by Crippen LogP contribution is 2.45. The minimum absolute atomic E-state index is 0.00918. The molecule has 2 aromatic carbocycles. The number of amides is 2. The first-order chi connectivity index (χ1) is 16.9.